The molecule has 0 N–H and O–H groups in total. The van der Waals surface area contributed by atoms with Crippen LogP contribution in [0.4, 0.5) is 8.78 Å². The molecule has 2 aromatic carbocycles. The summed E-state index contributed by atoms with van der Waals surface area (Å²) in [7, 11) is 0. The Morgan fingerprint density at radius 3 is 2.52 bits per heavy atom. The monoisotopic (exact) mass is 368 g/mol. The molecule has 27 heavy (non-hydrogen) atoms. The molecule has 0 aliphatic carbocycles. The molecule has 6 heteroatoms. The van der Waals surface area contributed by atoms with Crippen LogP contribution in [0.25, 0.3) is 21.8 Å². The fourth-order valence-corrected chi connectivity index (χ4v) is 3.67. The Labute approximate surface area is 156 Å². The first-order chi connectivity index (χ1) is 13.0. The third kappa shape index (κ3) is 3.09. The van der Waals surface area contributed by atoms with Crippen LogP contribution in [0.5, 0.6) is 0 Å². The highest BCUT2D eigenvalue weighted by atomic mass is 19.3. The zero-order chi connectivity index (χ0) is 19.1. The summed E-state index contributed by atoms with van der Waals surface area (Å²) >= 11 is 0. The summed E-state index contributed by atoms with van der Waals surface area (Å²) in [6.45, 7) is 4.59. The molecule has 0 radical (unpaired) electrons. The molecule has 0 fully saturated rings. The van der Waals surface area contributed by atoms with E-state index in [4.69, 9.17) is 0 Å². The number of alkyl halides is 2. The summed E-state index contributed by atoms with van der Waals surface area (Å²) in [5.41, 5.74) is 3.96. The van der Waals surface area contributed by atoms with Gasteiger partial charge in [0.15, 0.2) is 0 Å². The molecule has 0 amide bonds. The van der Waals surface area contributed by atoms with Crippen LogP contribution in [0, 0.1) is 0 Å². The Bertz CT molecular complexity index is 1090. The molecular formula is C21H22F2N4. The summed E-state index contributed by atoms with van der Waals surface area (Å²) in [6, 6.07) is 11.9. The average Bonchev–Trinajstić information content (AvgIpc) is 3.25. The topological polar surface area (TPSA) is 35.6 Å². The number of benzene rings is 2. The van der Waals surface area contributed by atoms with Crippen molar-refractivity contribution in [3.63, 3.8) is 0 Å². The first-order valence-electron chi connectivity index (χ1n) is 9.15. The number of halogens is 2. The Morgan fingerprint density at radius 1 is 0.963 bits per heavy atom. The van der Waals surface area contributed by atoms with Crippen LogP contribution in [-0.4, -0.2) is 19.6 Å². The van der Waals surface area contributed by atoms with Crippen molar-refractivity contribution in [1.29, 1.82) is 0 Å². The summed E-state index contributed by atoms with van der Waals surface area (Å²) < 4.78 is 28.7. The molecule has 0 aliphatic rings. The Kier molecular flexibility index (Phi) is 4.42. The lowest BCUT2D eigenvalue weighted by atomic mass is 9.98. The van der Waals surface area contributed by atoms with Gasteiger partial charge in [0.1, 0.15) is 0 Å². The van der Waals surface area contributed by atoms with Crippen LogP contribution in [-0.2, 0) is 6.54 Å². The summed E-state index contributed by atoms with van der Waals surface area (Å²) in [6.07, 6.45) is 3.43. The van der Waals surface area contributed by atoms with E-state index in [1.807, 2.05) is 23.0 Å². The van der Waals surface area contributed by atoms with Crippen molar-refractivity contribution >= 4 is 21.8 Å². The van der Waals surface area contributed by atoms with Crippen LogP contribution < -0.4 is 0 Å². The molecule has 0 saturated heterocycles. The van der Waals surface area contributed by atoms with Gasteiger partial charge in [-0.05, 0) is 35.2 Å². The smallest absolute Gasteiger partial charge is 0.264 e. The predicted octanol–water partition coefficient (Wildman–Crippen LogP) is 5.71. The van der Waals surface area contributed by atoms with Crippen LogP contribution in [0.1, 0.15) is 50.3 Å². The normalized spacial score (nSPS) is 13.3. The van der Waals surface area contributed by atoms with Crippen LogP contribution in [0.2, 0.25) is 0 Å². The summed E-state index contributed by atoms with van der Waals surface area (Å²) in [4.78, 5) is 0. The van der Waals surface area contributed by atoms with E-state index in [2.05, 4.69) is 49.2 Å². The lowest BCUT2D eigenvalue weighted by Gasteiger charge is -2.14. The van der Waals surface area contributed by atoms with Gasteiger partial charge in [-0.3, -0.25) is 4.68 Å². The lowest BCUT2D eigenvalue weighted by Crippen LogP contribution is -2.08. The minimum atomic E-state index is -2.63. The second-order valence-corrected chi connectivity index (χ2v) is 7.35. The van der Waals surface area contributed by atoms with Crippen molar-refractivity contribution in [2.75, 3.05) is 0 Å². The number of rotatable bonds is 5. The standard InChI is InChI=1S/C21H22F2N4/c1-13(2)17-5-4-6-20-18(17)11-24-26(20)12-14(3)15-7-8-19-16(9-15)10-25-27(19)21(22)23/h4-11,13-14,21H,12H2,1-3H3. The predicted molar refractivity (Wildman–Crippen MR) is 103 cm³/mol. The highest BCUT2D eigenvalue weighted by Gasteiger charge is 2.15. The number of hydrogen-bond donors (Lipinski definition) is 0. The number of hydrogen-bond acceptors (Lipinski definition) is 2. The molecule has 1 unspecified atom stereocenters. The third-order valence-electron chi connectivity index (χ3n) is 5.16. The van der Waals surface area contributed by atoms with Crippen molar-refractivity contribution in [2.24, 2.45) is 0 Å². The van der Waals surface area contributed by atoms with E-state index in [1.54, 1.807) is 6.07 Å². The Balaban J connectivity index is 1.64. The van der Waals surface area contributed by atoms with Gasteiger partial charge in [0.05, 0.1) is 23.4 Å². The molecule has 0 bridgehead atoms. The van der Waals surface area contributed by atoms with E-state index in [9.17, 15) is 8.78 Å². The van der Waals surface area contributed by atoms with Gasteiger partial charge < -0.3 is 0 Å². The number of fused-ring (bicyclic) bond motifs is 2. The van der Waals surface area contributed by atoms with Crippen LogP contribution in [0.3, 0.4) is 0 Å². The van der Waals surface area contributed by atoms with E-state index in [0.717, 1.165) is 27.7 Å². The first kappa shape index (κ1) is 17.6. The van der Waals surface area contributed by atoms with Crippen molar-refractivity contribution in [2.45, 2.75) is 45.7 Å². The van der Waals surface area contributed by atoms with E-state index >= 15 is 0 Å². The van der Waals surface area contributed by atoms with Crippen molar-refractivity contribution in [3.8, 4) is 0 Å². The maximum absolute atomic E-state index is 13.0. The van der Waals surface area contributed by atoms with Gasteiger partial charge in [0, 0.05) is 23.2 Å². The molecule has 4 aromatic rings. The molecule has 2 heterocycles. The van der Waals surface area contributed by atoms with E-state index in [1.165, 1.54) is 17.1 Å². The van der Waals surface area contributed by atoms with Gasteiger partial charge in [-0.2, -0.15) is 19.0 Å². The van der Waals surface area contributed by atoms with Gasteiger partial charge in [-0.1, -0.05) is 39.0 Å². The third-order valence-corrected chi connectivity index (χ3v) is 5.16. The van der Waals surface area contributed by atoms with Crippen molar-refractivity contribution in [3.05, 3.63) is 59.9 Å². The van der Waals surface area contributed by atoms with Crippen molar-refractivity contribution in [1.82, 2.24) is 19.6 Å². The molecule has 0 aliphatic heterocycles. The fraction of sp³-hybridized carbons (Fsp3) is 0.333. The average molecular weight is 368 g/mol. The second kappa shape index (κ2) is 6.76. The first-order valence-corrected chi connectivity index (χ1v) is 9.15. The quantitative estimate of drug-likeness (QED) is 0.452. The maximum atomic E-state index is 13.0. The summed E-state index contributed by atoms with van der Waals surface area (Å²) in [5, 5.41) is 10.3. The molecular weight excluding hydrogens is 346 g/mol. The highest BCUT2D eigenvalue weighted by Crippen LogP contribution is 2.28. The second-order valence-electron chi connectivity index (χ2n) is 7.35. The van der Waals surface area contributed by atoms with Gasteiger partial charge in [-0.15, -0.1) is 0 Å². The molecule has 2 aromatic heterocycles. The highest BCUT2D eigenvalue weighted by molar-refractivity contribution is 5.83. The maximum Gasteiger partial charge on any atom is 0.333 e. The molecule has 0 spiro atoms. The molecule has 4 rings (SSSR count). The Morgan fingerprint density at radius 2 is 1.78 bits per heavy atom. The fourth-order valence-electron chi connectivity index (χ4n) is 3.67. The van der Waals surface area contributed by atoms with Crippen LogP contribution >= 0.6 is 0 Å². The summed E-state index contributed by atoms with van der Waals surface area (Å²) in [5.74, 6) is 0.632. The largest absolute Gasteiger partial charge is 0.333 e. The zero-order valence-corrected chi connectivity index (χ0v) is 15.6. The molecule has 1 atom stereocenters. The minimum Gasteiger partial charge on any atom is -0.264 e. The van der Waals surface area contributed by atoms with E-state index in [-0.39, 0.29) is 5.92 Å². The molecule has 140 valence electrons. The molecule has 0 saturated carbocycles. The minimum absolute atomic E-state index is 0.190. The van der Waals surface area contributed by atoms with E-state index in [0.29, 0.717) is 11.4 Å². The number of aromatic nitrogens is 4. The SMILES string of the molecule is CC(C)c1cccc2c1cnn2CC(C)c1ccc2c(cnn2C(F)F)c1. The van der Waals surface area contributed by atoms with Crippen LogP contribution in [0.15, 0.2) is 48.8 Å². The van der Waals surface area contributed by atoms with Crippen molar-refractivity contribution < 1.29 is 8.78 Å². The van der Waals surface area contributed by atoms with E-state index < -0.39 is 6.55 Å². The number of nitrogens with zero attached hydrogens (tertiary/aromatic N) is 4. The van der Waals surface area contributed by atoms with Gasteiger partial charge in [0.25, 0.3) is 0 Å². The lowest BCUT2D eigenvalue weighted by molar-refractivity contribution is 0.0615. The van der Waals surface area contributed by atoms with Gasteiger partial charge >= 0.3 is 6.55 Å². The molecule has 4 nitrogen and oxygen atoms in total. The Hall–Kier alpha value is -2.76. The van der Waals surface area contributed by atoms with Gasteiger partial charge in [0.2, 0.25) is 0 Å². The zero-order valence-electron chi connectivity index (χ0n) is 15.6. The van der Waals surface area contributed by atoms with Gasteiger partial charge in [-0.25, -0.2) is 4.68 Å².